The molecule has 1 fully saturated rings. The molecule has 0 bridgehead atoms. The second-order valence-electron chi connectivity index (χ2n) is 13.1. The number of hydrogen-bond acceptors (Lipinski definition) is 5. The Kier molecular flexibility index (Phi) is 6.33. The monoisotopic (exact) mass is 565 g/mol. The second kappa shape index (κ2) is 9.89. The molecule has 0 saturated carbocycles. The molecule has 0 aliphatic carbocycles. The first-order chi connectivity index (χ1) is 20.5. The van der Waals surface area contributed by atoms with Gasteiger partial charge in [-0.05, 0) is 62.1 Å². The van der Waals surface area contributed by atoms with Crippen molar-refractivity contribution in [1.82, 2.24) is 15.0 Å². The fourth-order valence-corrected chi connectivity index (χ4v) is 6.33. The van der Waals surface area contributed by atoms with Crippen molar-refractivity contribution < 1.29 is 9.07 Å². The normalized spacial score (nSPS) is 17.7. The Hall–Kier alpha value is -4.29. The number of rotatable bonds is 4. The van der Waals surface area contributed by atoms with Crippen LogP contribution in [0.25, 0.3) is 56.1 Å². The first-order valence-corrected chi connectivity index (χ1v) is 15.1. The van der Waals surface area contributed by atoms with Crippen LogP contribution in [0.4, 0.5) is 0 Å². The standard InChI is InChI=1S/C37H36BN3O2/c1-22-15-17-25(18-16-22)33-39-34(27-12-9-8-11-23(27)2)41-35(40-33)28-13-10-14-31-32(28)29-21-26(19-20-30(29)42-31)38-24(3)36(4,5)37(6,7)43-38/h8-21,24H,1-7H3/t24-/m1/s1. The van der Waals surface area contributed by atoms with Crippen molar-refractivity contribution in [2.75, 3.05) is 0 Å². The van der Waals surface area contributed by atoms with Crippen molar-refractivity contribution in [3.8, 4) is 34.2 Å². The molecule has 6 heteroatoms. The Morgan fingerprint density at radius 1 is 0.698 bits per heavy atom. The van der Waals surface area contributed by atoms with Gasteiger partial charge in [0.25, 0.3) is 0 Å². The summed E-state index contributed by atoms with van der Waals surface area (Å²) in [4.78, 5) is 15.1. The van der Waals surface area contributed by atoms with Crippen LogP contribution in [-0.2, 0) is 4.65 Å². The molecule has 1 aliphatic rings. The van der Waals surface area contributed by atoms with E-state index in [-0.39, 0.29) is 17.9 Å². The minimum absolute atomic E-state index is 0.00974. The Morgan fingerprint density at radius 2 is 1.37 bits per heavy atom. The number of furan rings is 1. The SMILES string of the molecule is Cc1ccc(-c2nc(-c3ccccc3C)nc(-c3cccc4oc5ccc(B6OC(C)(C)C(C)(C)[C@H]6C)cc5c34)n2)cc1. The maximum absolute atomic E-state index is 6.70. The zero-order chi connectivity index (χ0) is 30.1. The average Bonchev–Trinajstić information content (AvgIpc) is 3.45. The molecule has 43 heavy (non-hydrogen) atoms. The predicted octanol–water partition coefficient (Wildman–Crippen LogP) is 8.81. The van der Waals surface area contributed by atoms with E-state index in [0.717, 1.165) is 49.7 Å². The topological polar surface area (TPSA) is 61.0 Å². The lowest BCUT2D eigenvalue weighted by Crippen LogP contribution is -2.36. The van der Waals surface area contributed by atoms with Crippen LogP contribution in [0.3, 0.4) is 0 Å². The van der Waals surface area contributed by atoms with Crippen LogP contribution in [0, 0.1) is 19.3 Å². The molecular weight excluding hydrogens is 529 g/mol. The zero-order valence-electron chi connectivity index (χ0n) is 25.9. The van der Waals surface area contributed by atoms with Gasteiger partial charge >= 0.3 is 6.92 Å². The van der Waals surface area contributed by atoms with Crippen LogP contribution in [0.5, 0.6) is 0 Å². The first kappa shape index (κ1) is 27.5. The average molecular weight is 566 g/mol. The van der Waals surface area contributed by atoms with Crippen LogP contribution in [-0.4, -0.2) is 27.5 Å². The van der Waals surface area contributed by atoms with Gasteiger partial charge in [0, 0.05) is 27.5 Å². The van der Waals surface area contributed by atoms with E-state index in [1.807, 2.05) is 24.3 Å². The Labute approximate surface area is 253 Å². The van der Waals surface area contributed by atoms with E-state index in [9.17, 15) is 0 Å². The third-order valence-electron chi connectivity index (χ3n) is 9.99. The molecule has 0 unspecified atom stereocenters. The Morgan fingerprint density at radius 3 is 2.07 bits per heavy atom. The number of aromatic nitrogens is 3. The molecular formula is C37H36BN3O2. The lowest BCUT2D eigenvalue weighted by atomic mass is 9.46. The summed E-state index contributed by atoms with van der Waals surface area (Å²) >= 11 is 0. The highest BCUT2D eigenvalue weighted by Crippen LogP contribution is 2.52. The van der Waals surface area contributed by atoms with Gasteiger partial charge in [-0.15, -0.1) is 0 Å². The summed E-state index contributed by atoms with van der Waals surface area (Å²) in [6.07, 6.45) is 0. The van der Waals surface area contributed by atoms with Gasteiger partial charge < -0.3 is 9.07 Å². The fraction of sp³-hybridized carbons (Fsp3) is 0.270. The van der Waals surface area contributed by atoms with Gasteiger partial charge in [-0.25, -0.2) is 15.0 Å². The van der Waals surface area contributed by atoms with Crippen molar-refractivity contribution in [3.63, 3.8) is 0 Å². The minimum atomic E-state index is -0.237. The predicted molar refractivity (Wildman–Crippen MR) is 177 cm³/mol. The van der Waals surface area contributed by atoms with Crippen LogP contribution < -0.4 is 5.46 Å². The van der Waals surface area contributed by atoms with Gasteiger partial charge in [-0.1, -0.05) is 99.1 Å². The van der Waals surface area contributed by atoms with Crippen molar-refractivity contribution in [2.24, 2.45) is 5.41 Å². The zero-order valence-corrected chi connectivity index (χ0v) is 25.9. The maximum atomic E-state index is 6.70. The molecule has 2 aromatic heterocycles. The lowest BCUT2D eigenvalue weighted by molar-refractivity contribution is 0.0296. The van der Waals surface area contributed by atoms with Gasteiger partial charge in [0.15, 0.2) is 17.5 Å². The summed E-state index contributed by atoms with van der Waals surface area (Å²) in [6.45, 7) is 15.5. The molecule has 4 aromatic carbocycles. The highest BCUT2D eigenvalue weighted by atomic mass is 16.5. The number of benzene rings is 4. The van der Waals surface area contributed by atoms with Crippen molar-refractivity contribution in [3.05, 3.63) is 96.1 Å². The van der Waals surface area contributed by atoms with Crippen LogP contribution in [0.15, 0.2) is 89.3 Å². The van der Waals surface area contributed by atoms with E-state index in [4.69, 9.17) is 24.0 Å². The van der Waals surface area contributed by atoms with Crippen molar-refractivity contribution in [1.29, 1.82) is 0 Å². The molecule has 214 valence electrons. The molecule has 0 amide bonds. The summed E-state index contributed by atoms with van der Waals surface area (Å²) in [5, 5.41) is 2.04. The molecule has 7 rings (SSSR count). The van der Waals surface area contributed by atoms with Gasteiger partial charge in [-0.3, -0.25) is 0 Å². The molecule has 5 nitrogen and oxygen atoms in total. The molecule has 1 aliphatic heterocycles. The molecule has 1 saturated heterocycles. The smallest absolute Gasteiger partial charge is 0.330 e. The van der Waals surface area contributed by atoms with Gasteiger partial charge in [0.1, 0.15) is 11.2 Å². The van der Waals surface area contributed by atoms with E-state index >= 15 is 0 Å². The number of fused-ring (bicyclic) bond motifs is 3. The minimum Gasteiger partial charge on any atom is -0.456 e. The molecule has 0 N–H and O–H groups in total. The third kappa shape index (κ3) is 4.47. The Balaban J connectivity index is 1.44. The van der Waals surface area contributed by atoms with Crippen LogP contribution >= 0.6 is 0 Å². The summed E-state index contributed by atoms with van der Waals surface area (Å²) < 4.78 is 13.1. The second-order valence-corrected chi connectivity index (χ2v) is 13.1. The quantitative estimate of drug-likeness (QED) is 0.200. The Bertz CT molecular complexity index is 2010. The van der Waals surface area contributed by atoms with E-state index in [2.05, 4.69) is 109 Å². The number of nitrogens with zero attached hydrogens (tertiary/aromatic N) is 3. The van der Waals surface area contributed by atoms with E-state index in [1.54, 1.807) is 0 Å². The van der Waals surface area contributed by atoms with Crippen LogP contribution in [0.2, 0.25) is 5.82 Å². The largest absolute Gasteiger partial charge is 0.456 e. The summed E-state index contributed by atoms with van der Waals surface area (Å²) in [5.41, 5.74) is 7.75. The summed E-state index contributed by atoms with van der Waals surface area (Å²) in [6, 6.07) is 29.1. The molecule has 6 aromatic rings. The maximum Gasteiger partial charge on any atom is 0.330 e. The van der Waals surface area contributed by atoms with Crippen LogP contribution in [0.1, 0.15) is 45.7 Å². The van der Waals surface area contributed by atoms with Gasteiger partial charge in [0.2, 0.25) is 0 Å². The van der Waals surface area contributed by atoms with E-state index in [0.29, 0.717) is 23.3 Å². The van der Waals surface area contributed by atoms with Gasteiger partial charge in [-0.2, -0.15) is 0 Å². The molecule has 1 atom stereocenters. The van der Waals surface area contributed by atoms with E-state index in [1.165, 1.54) is 5.56 Å². The molecule has 0 spiro atoms. The lowest BCUT2D eigenvalue weighted by Gasteiger charge is -2.36. The van der Waals surface area contributed by atoms with Gasteiger partial charge in [0.05, 0.1) is 5.60 Å². The number of hydrogen-bond donors (Lipinski definition) is 0. The molecule has 3 heterocycles. The van der Waals surface area contributed by atoms with Crippen molar-refractivity contribution in [2.45, 2.75) is 59.9 Å². The number of aryl methyl sites for hydroxylation is 2. The third-order valence-corrected chi connectivity index (χ3v) is 9.99. The van der Waals surface area contributed by atoms with E-state index < -0.39 is 0 Å². The summed E-state index contributed by atoms with van der Waals surface area (Å²) in [7, 11) is 0. The molecule has 0 radical (unpaired) electrons. The highest BCUT2D eigenvalue weighted by Gasteiger charge is 2.55. The fourth-order valence-electron chi connectivity index (χ4n) is 6.33. The van der Waals surface area contributed by atoms with Crippen molar-refractivity contribution >= 4 is 34.3 Å². The summed E-state index contributed by atoms with van der Waals surface area (Å²) in [5.74, 6) is 2.26. The first-order valence-electron chi connectivity index (χ1n) is 15.1. The highest BCUT2D eigenvalue weighted by molar-refractivity contribution is 6.70.